The minimum atomic E-state index is 0.0347. The van der Waals surface area contributed by atoms with Crippen molar-refractivity contribution >= 4 is 18.7 Å². The molecule has 0 aromatic rings. The lowest BCUT2D eigenvalue weighted by molar-refractivity contribution is -0.921. The van der Waals surface area contributed by atoms with Crippen LogP contribution in [0.25, 0.3) is 0 Å². The van der Waals surface area contributed by atoms with Gasteiger partial charge in [0.25, 0.3) is 5.91 Å². The second-order valence-corrected chi connectivity index (χ2v) is 4.12. The number of nitrogens with one attached hydrogen (secondary N) is 1. The van der Waals surface area contributed by atoms with Gasteiger partial charge in [-0.3, -0.25) is 9.52 Å². The van der Waals surface area contributed by atoms with E-state index in [-0.39, 0.29) is 11.9 Å². The number of carbonyl (C=O) groups is 1. The summed E-state index contributed by atoms with van der Waals surface area (Å²) in [5, 5.41) is 0. The second kappa shape index (κ2) is 6.30. The Morgan fingerprint density at radius 1 is 1.36 bits per heavy atom. The topological polar surface area (TPSA) is 29.1 Å². The van der Waals surface area contributed by atoms with E-state index in [1.54, 1.807) is 0 Å². The van der Waals surface area contributed by atoms with Crippen molar-refractivity contribution in [1.82, 2.24) is 4.72 Å². The number of carbonyl (C=O) groups excluding carboxylic acids is 1. The molecule has 0 saturated carbocycles. The lowest BCUT2D eigenvalue weighted by Gasteiger charge is -2.38. The van der Waals surface area contributed by atoms with Crippen LogP contribution in [0.2, 0.25) is 0 Å². The summed E-state index contributed by atoms with van der Waals surface area (Å²) in [7, 11) is 2.13. The van der Waals surface area contributed by atoms with Crippen molar-refractivity contribution < 1.29 is 9.28 Å². The Labute approximate surface area is 93.0 Å². The predicted molar refractivity (Wildman–Crippen MR) is 63.1 cm³/mol. The van der Waals surface area contributed by atoms with Crippen molar-refractivity contribution in [3.63, 3.8) is 0 Å². The number of thiol groups is 1. The zero-order chi connectivity index (χ0) is 11.2. The fourth-order valence-electron chi connectivity index (χ4n) is 1.74. The number of nitrogens with zero attached hydrogens (tertiary/aromatic N) is 1. The molecule has 0 bridgehead atoms. The van der Waals surface area contributed by atoms with E-state index in [0.29, 0.717) is 0 Å². The average Bonchev–Trinajstić information content (AvgIpc) is 2.23. The van der Waals surface area contributed by atoms with Gasteiger partial charge < -0.3 is 4.48 Å². The standard InChI is InChI=1S/C10H22N2OS/c1-5-8-9(10(13)11-14)12(4,6-2)7-3/h9H,5-8H2,1-4H3,(H-,11,13,14)/p+1. The van der Waals surface area contributed by atoms with Crippen molar-refractivity contribution in [2.45, 2.75) is 39.7 Å². The van der Waals surface area contributed by atoms with Crippen molar-refractivity contribution in [1.29, 1.82) is 0 Å². The molecular formula is C10H23N2OS+. The third-order valence-electron chi connectivity index (χ3n) is 3.17. The van der Waals surface area contributed by atoms with Gasteiger partial charge in [0.1, 0.15) is 0 Å². The van der Waals surface area contributed by atoms with Crippen LogP contribution in [0.3, 0.4) is 0 Å². The molecule has 1 amide bonds. The second-order valence-electron chi connectivity index (χ2n) is 3.89. The smallest absolute Gasteiger partial charge is 0.287 e. The van der Waals surface area contributed by atoms with Crippen LogP contribution in [0.1, 0.15) is 33.6 Å². The highest BCUT2D eigenvalue weighted by Gasteiger charge is 2.34. The molecule has 1 N–H and O–H groups in total. The van der Waals surface area contributed by atoms with Gasteiger partial charge in [0.05, 0.1) is 20.1 Å². The summed E-state index contributed by atoms with van der Waals surface area (Å²) >= 11 is 3.85. The maximum atomic E-state index is 11.7. The Balaban J connectivity index is 4.68. The Bertz CT molecular complexity index is 181. The normalized spacial score (nSPS) is 13.8. The molecule has 0 aromatic heterocycles. The van der Waals surface area contributed by atoms with E-state index in [2.05, 4.69) is 45.4 Å². The number of rotatable bonds is 6. The maximum absolute atomic E-state index is 11.7. The molecule has 0 saturated heterocycles. The van der Waals surface area contributed by atoms with Crippen molar-refractivity contribution in [2.75, 3.05) is 20.1 Å². The third kappa shape index (κ3) is 3.17. The number of amides is 1. The van der Waals surface area contributed by atoms with E-state index < -0.39 is 0 Å². The lowest BCUT2D eigenvalue weighted by Crippen LogP contribution is -2.57. The first-order valence-electron chi connectivity index (χ1n) is 5.33. The molecule has 4 heteroatoms. The van der Waals surface area contributed by atoms with Gasteiger partial charge in [0.2, 0.25) is 0 Å². The summed E-state index contributed by atoms with van der Waals surface area (Å²) in [6.45, 7) is 8.30. The first-order chi connectivity index (χ1) is 6.55. The molecule has 0 radical (unpaired) electrons. The summed E-state index contributed by atoms with van der Waals surface area (Å²) in [4.78, 5) is 11.7. The zero-order valence-corrected chi connectivity index (χ0v) is 10.6. The van der Waals surface area contributed by atoms with Crippen molar-refractivity contribution in [3.8, 4) is 0 Å². The van der Waals surface area contributed by atoms with Gasteiger partial charge in [-0.25, -0.2) is 0 Å². The summed E-state index contributed by atoms with van der Waals surface area (Å²) in [5.74, 6) is 0.0429. The number of hydrogen-bond donors (Lipinski definition) is 2. The molecule has 1 atom stereocenters. The number of quaternary nitrogens is 1. The molecule has 84 valence electrons. The van der Waals surface area contributed by atoms with E-state index in [4.69, 9.17) is 0 Å². The molecule has 0 aliphatic carbocycles. The van der Waals surface area contributed by atoms with Crippen LogP contribution in [0.4, 0.5) is 0 Å². The van der Waals surface area contributed by atoms with Gasteiger partial charge in [-0.1, -0.05) is 19.7 Å². The highest BCUT2D eigenvalue weighted by atomic mass is 32.1. The van der Waals surface area contributed by atoms with Gasteiger partial charge in [-0.15, -0.1) is 0 Å². The molecule has 0 heterocycles. The molecule has 3 nitrogen and oxygen atoms in total. The third-order valence-corrected chi connectivity index (χ3v) is 3.39. The Morgan fingerprint density at radius 3 is 2.14 bits per heavy atom. The predicted octanol–water partition coefficient (Wildman–Crippen LogP) is 1.60. The molecule has 0 aliphatic heterocycles. The Hall–Kier alpha value is -0.220. The van der Waals surface area contributed by atoms with Crippen LogP contribution < -0.4 is 4.72 Å². The molecule has 0 spiro atoms. The molecule has 0 aromatic carbocycles. The molecule has 0 rings (SSSR count). The van der Waals surface area contributed by atoms with Gasteiger partial charge in [0, 0.05) is 6.42 Å². The molecule has 14 heavy (non-hydrogen) atoms. The largest absolute Gasteiger partial charge is 0.316 e. The van der Waals surface area contributed by atoms with Crippen LogP contribution in [-0.4, -0.2) is 36.6 Å². The maximum Gasteiger partial charge on any atom is 0.287 e. The molecule has 0 fully saturated rings. The Kier molecular flexibility index (Phi) is 6.20. The van der Waals surface area contributed by atoms with Crippen molar-refractivity contribution in [2.24, 2.45) is 0 Å². The lowest BCUT2D eigenvalue weighted by atomic mass is 10.1. The summed E-state index contributed by atoms with van der Waals surface area (Å²) in [6, 6.07) is 0.0347. The van der Waals surface area contributed by atoms with E-state index in [1.807, 2.05) is 0 Å². The fourth-order valence-corrected chi connectivity index (χ4v) is 1.89. The first-order valence-corrected chi connectivity index (χ1v) is 5.78. The molecule has 1 unspecified atom stereocenters. The SMILES string of the molecule is CCCC(C(=O)NS)[N+](C)(CC)CC. The van der Waals surface area contributed by atoms with Crippen molar-refractivity contribution in [3.05, 3.63) is 0 Å². The van der Waals surface area contributed by atoms with Crippen LogP contribution in [0, 0.1) is 0 Å². The van der Waals surface area contributed by atoms with Gasteiger partial charge >= 0.3 is 0 Å². The van der Waals surface area contributed by atoms with E-state index in [9.17, 15) is 4.79 Å². The molecule has 0 aliphatic rings. The summed E-state index contributed by atoms with van der Waals surface area (Å²) in [5.41, 5.74) is 0. The van der Waals surface area contributed by atoms with E-state index >= 15 is 0 Å². The highest BCUT2D eigenvalue weighted by Crippen LogP contribution is 2.15. The average molecular weight is 219 g/mol. The van der Waals surface area contributed by atoms with Crippen LogP contribution in [0.15, 0.2) is 0 Å². The highest BCUT2D eigenvalue weighted by molar-refractivity contribution is 7.78. The number of likely N-dealkylation sites (N-methyl/N-ethyl adjacent to an activating group) is 1. The van der Waals surface area contributed by atoms with Crippen LogP contribution >= 0.6 is 12.8 Å². The van der Waals surface area contributed by atoms with Gasteiger partial charge in [0.15, 0.2) is 6.04 Å². The van der Waals surface area contributed by atoms with Gasteiger partial charge in [-0.05, 0) is 20.3 Å². The number of hydrogen-bond acceptors (Lipinski definition) is 2. The first kappa shape index (κ1) is 13.8. The van der Waals surface area contributed by atoms with E-state index in [1.165, 1.54) is 0 Å². The zero-order valence-electron chi connectivity index (χ0n) is 9.71. The van der Waals surface area contributed by atoms with Crippen LogP contribution in [-0.2, 0) is 4.79 Å². The van der Waals surface area contributed by atoms with Gasteiger partial charge in [-0.2, -0.15) is 0 Å². The Morgan fingerprint density at radius 2 is 1.86 bits per heavy atom. The summed E-state index contributed by atoms with van der Waals surface area (Å²) in [6.07, 6.45) is 1.95. The summed E-state index contributed by atoms with van der Waals surface area (Å²) < 4.78 is 3.26. The fraction of sp³-hybridized carbons (Fsp3) is 0.900. The van der Waals surface area contributed by atoms with E-state index in [0.717, 1.165) is 30.4 Å². The van der Waals surface area contributed by atoms with Crippen LogP contribution in [0.5, 0.6) is 0 Å². The minimum absolute atomic E-state index is 0.0347. The monoisotopic (exact) mass is 219 g/mol. The minimum Gasteiger partial charge on any atom is -0.316 e. The molecular weight excluding hydrogens is 196 g/mol. The quantitative estimate of drug-likeness (QED) is 0.516.